The molecule has 0 spiro atoms. The molecule has 152 valence electrons. The van der Waals surface area contributed by atoms with E-state index in [-0.39, 0.29) is 17.9 Å². The Morgan fingerprint density at radius 2 is 1.86 bits per heavy atom. The van der Waals surface area contributed by atoms with E-state index in [1.165, 1.54) is 10.5 Å². The molecule has 9 heteroatoms. The number of carbonyl (C=O) groups is 1. The van der Waals surface area contributed by atoms with E-state index in [0.717, 1.165) is 16.3 Å². The molecule has 0 saturated carbocycles. The summed E-state index contributed by atoms with van der Waals surface area (Å²) in [6.45, 7) is 2.84. The first-order valence-corrected chi connectivity index (χ1v) is 10.7. The van der Waals surface area contributed by atoms with Crippen LogP contribution in [0.15, 0.2) is 53.3 Å². The summed E-state index contributed by atoms with van der Waals surface area (Å²) in [5.74, 6) is -0.745. The largest absolute Gasteiger partial charge is 0.458 e. The van der Waals surface area contributed by atoms with Gasteiger partial charge in [0.25, 0.3) is 5.56 Å². The molecule has 8 nitrogen and oxygen atoms in total. The van der Waals surface area contributed by atoms with Gasteiger partial charge in [-0.25, -0.2) is 13.4 Å². The first-order valence-electron chi connectivity index (χ1n) is 8.84. The van der Waals surface area contributed by atoms with Crippen molar-refractivity contribution >= 4 is 27.3 Å². The zero-order valence-electron chi connectivity index (χ0n) is 16.3. The van der Waals surface area contributed by atoms with Crippen LogP contribution in [0, 0.1) is 13.8 Å². The molecular formula is C20H21N3O5S. The van der Waals surface area contributed by atoms with Gasteiger partial charge in [0, 0.05) is 11.8 Å². The number of sulfonamides is 1. The van der Waals surface area contributed by atoms with E-state index in [1.54, 1.807) is 56.3 Å². The number of aromatic nitrogens is 2. The molecular weight excluding hydrogens is 394 g/mol. The average molecular weight is 415 g/mol. The van der Waals surface area contributed by atoms with Crippen molar-refractivity contribution < 1.29 is 17.9 Å². The zero-order valence-corrected chi connectivity index (χ0v) is 17.1. The summed E-state index contributed by atoms with van der Waals surface area (Å²) < 4.78 is 32.0. The Hall–Kier alpha value is -3.20. The van der Waals surface area contributed by atoms with Crippen LogP contribution in [0.25, 0.3) is 5.65 Å². The Kier molecular flexibility index (Phi) is 5.69. The van der Waals surface area contributed by atoms with Crippen LogP contribution in [0.5, 0.6) is 0 Å². The molecule has 2 aromatic heterocycles. The van der Waals surface area contributed by atoms with Crippen molar-refractivity contribution in [3.63, 3.8) is 0 Å². The fraction of sp³-hybridized carbons (Fsp3) is 0.250. The Bertz CT molecular complexity index is 1230. The van der Waals surface area contributed by atoms with Crippen molar-refractivity contribution in [2.75, 3.05) is 17.1 Å². The highest BCUT2D eigenvalue weighted by molar-refractivity contribution is 7.92. The van der Waals surface area contributed by atoms with Gasteiger partial charge >= 0.3 is 5.97 Å². The highest BCUT2D eigenvalue weighted by Gasteiger charge is 2.23. The minimum atomic E-state index is -3.70. The van der Waals surface area contributed by atoms with Crippen LogP contribution in [0.2, 0.25) is 0 Å². The Balaban J connectivity index is 1.77. The number of carbonyl (C=O) groups excluding carboxylic acids is 1. The Morgan fingerprint density at radius 1 is 1.14 bits per heavy atom. The molecule has 0 N–H and O–H groups in total. The van der Waals surface area contributed by atoms with Crippen LogP contribution in [-0.2, 0) is 26.2 Å². The maximum atomic E-state index is 12.3. The lowest BCUT2D eigenvalue weighted by molar-refractivity contribution is -0.143. The molecule has 0 atom stereocenters. The lowest BCUT2D eigenvalue weighted by Crippen LogP contribution is -2.36. The molecule has 2 heterocycles. The molecule has 0 aliphatic carbocycles. The Labute approximate surface area is 168 Å². The number of esters is 1. The topological polar surface area (TPSA) is 98.0 Å². The Morgan fingerprint density at radius 3 is 2.55 bits per heavy atom. The molecule has 1 aromatic carbocycles. The average Bonchev–Trinajstić information content (AvgIpc) is 2.64. The number of anilines is 1. The second kappa shape index (κ2) is 8.04. The van der Waals surface area contributed by atoms with Crippen LogP contribution >= 0.6 is 0 Å². The molecule has 0 fully saturated rings. The molecule has 0 aliphatic heterocycles. The van der Waals surface area contributed by atoms with E-state index in [0.29, 0.717) is 16.9 Å². The highest BCUT2D eigenvalue weighted by Crippen LogP contribution is 2.21. The summed E-state index contributed by atoms with van der Waals surface area (Å²) in [6.07, 6.45) is 1.03. The van der Waals surface area contributed by atoms with Crippen LogP contribution in [0.1, 0.15) is 17.0 Å². The minimum Gasteiger partial charge on any atom is -0.458 e. The number of pyridine rings is 1. The van der Waals surface area contributed by atoms with Crippen LogP contribution in [-0.4, -0.2) is 36.6 Å². The van der Waals surface area contributed by atoms with Gasteiger partial charge in [0.1, 0.15) is 18.8 Å². The van der Waals surface area contributed by atoms with Gasteiger partial charge < -0.3 is 4.74 Å². The maximum absolute atomic E-state index is 12.3. The molecule has 3 rings (SSSR count). The van der Waals surface area contributed by atoms with Crippen molar-refractivity contribution in [2.24, 2.45) is 0 Å². The minimum absolute atomic E-state index is 0.232. The predicted molar refractivity (Wildman–Crippen MR) is 109 cm³/mol. The molecule has 0 unspecified atom stereocenters. The van der Waals surface area contributed by atoms with E-state index in [9.17, 15) is 18.0 Å². The number of ether oxygens (including phenoxy) is 1. The van der Waals surface area contributed by atoms with Crippen molar-refractivity contribution in [1.82, 2.24) is 9.38 Å². The second-order valence-corrected chi connectivity index (χ2v) is 8.57. The van der Waals surface area contributed by atoms with Gasteiger partial charge in [-0.1, -0.05) is 24.3 Å². The van der Waals surface area contributed by atoms with Gasteiger partial charge in [0.2, 0.25) is 10.0 Å². The third-order valence-electron chi connectivity index (χ3n) is 4.37. The first kappa shape index (κ1) is 20.5. The molecule has 0 radical (unpaired) electrons. The van der Waals surface area contributed by atoms with Gasteiger partial charge in [-0.2, -0.15) is 0 Å². The number of hydrogen-bond donors (Lipinski definition) is 0. The van der Waals surface area contributed by atoms with E-state index in [2.05, 4.69) is 4.98 Å². The lowest BCUT2D eigenvalue weighted by Gasteiger charge is -2.23. The van der Waals surface area contributed by atoms with Crippen LogP contribution in [0.4, 0.5) is 5.69 Å². The lowest BCUT2D eigenvalue weighted by atomic mass is 10.2. The monoisotopic (exact) mass is 415 g/mol. The highest BCUT2D eigenvalue weighted by atomic mass is 32.2. The third-order valence-corrected chi connectivity index (χ3v) is 5.50. The molecule has 29 heavy (non-hydrogen) atoms. The summed E-state index contributed by atoms with van der Waals surface area (Å²) in [7, 11) is -3.70. The van der Waals surface area contributed by atoms with Gasteiger partial charge in [0.15, 0.2) is 0 Å². The molecule has 0 saturated heterocycles. The normalized spacial score (nSPS) is 11.4. The number of nitrogens with zero attached hydrogens (tertiary/aromatic N) is 3. The summed E-state index contributed by atoms with van der Waals surface area (Å²) in [6, 6.07) is 13.4. The van der Waals surface area contributed by atoms with E-state index in [4.69, 9.17) is 4.74 Å². The molecule has 0 amide bonds. The number of para-hydroxylation sites is 1. The molecule has 0 aliphatic rings. The maximum Gasteiger partial charge on any atom is 0.327 e. The smallest absolute Gasteiger partial charge is 0.327 e. The number of hydrogen-bond acceptors (Lipinski definition) is 6. The fourth-order valence-electron chi connectivity index (χ4n) is 2.98. The summed E-state index contributed by atoms with van der Waals surface area (Å²) in [5, 5.41) is 0. The number of benzene rings is 1. The SMILES string of the molecule is Cc1ccccc1N(CC(=O)OCc1cc(=O)n2c(C)cccc2n1)S(C)(=O)=O. The number of rotatable bonds is 6. The van der Waals surface area contributed by atoms with E-state index in [1.807, 2.05) is 0 Å². The van der Waals surface area contributed by atoms with Crippen molar-refractivity contribution in [3.8, 4) is 0 Å². The number of fused-ring (bicyclic) bond motifs is 1. The van der Waals surface area contributed by atoms with Gasteiger partial charge in [-0.15, -0.1) is 0 Å². The van der Waals surface area contributed by atoms with Gasteiger partial charge in [-0.05, 0) is 37.6 Å². The van der Waals surface area contributed by atoms with Gasteiger partial charge in [0.05, 0.1) is 17.6 Å². The predicted octanol–water partition coefficient (Wildman–Crippen LogP) is 1.82. The molecule has 3 aromatic rings. The van der Waals surface area contributed by atoms with Crippen molar-refractivity contribution in [3.05, 3.63) is 75.8 Å². The van der Waals surface area contributed by atoms with Crippen molar-refractivity contribution in [2.45, 2.75) is 20.5 Å². The van der Waals surface area contributed by atoms with E-state index < -0.39 is 22.5 Å². The molecule has 0 bridgehead atoms. The van der Waals surface area contributed by atoms with E-state index >= 15 is 0 Å². The quantitative estimate of drug-likeness (QED) is 0.570. The fourth-order valence-corrected chi connectivity index (χ4v) is 3.88. The summed E-state index contributed by atoms with van der Waals surface area (Å²) in [5.41, 5.74) is 2.31. The number of aryl methyl sites for hydroxylation is 2. The van der Waals surface area contributed by atoms with Crippen LogP contribution in [0.3, 0.4) is 0 Å². The zero-order chi connectivity index (χ0) is 21.2. The standard InChI is InChI=1S/C20H21N3O5S/c1-14-7-4-5-9-17(14)22(29(3,26)27)12-20(25)28-13-16-11-19(24)23-15(2)8-6-10-18(23)21-16/h4-11H,12-13H2,1-3H3. The van der Waals surface area contributed by atoms with Gasteiger partial charge in [-0.3, -0.25) is 18.3 Å². The van der Waals surface area contributed by atoms with Crippen molar-refractivity contribution in [1.29, 1.82) is 0 Å². The van der Waals surface area contributed by atoms with Crippen LogP contribution < -0.4 is 9.86 Å². The second-order valence-electron chi connectivity index (χ2n) is 6.66. The third kappa shape index (κ3) is 4.62. The summed E-state index contributed by atoms with van der Waals surface area (Å²) in [4.78, 5) is 28.9. The summed E-state index contributed by atoms with van der Waals surface area (Å²) >= 11 is 0. The first-order chi connectivity index (χ1) is 13.7.